The first-order valence-electron chi connectivity index (χ1n) is 6.70. The van der Waals surface area contributed by atoms with Gasteiger partial charge in [-0.2, -0.15) is 0 Å². The molecule has 4 heteroatoms. The first-order valence-corrected chi connectivity index (χ1v) is 6.70. The van der Waals surface area contributed by atoms with Crippen LogP contribution in [0.5, 0.6) is 0 Å². The van der Waals surface area contributed by atoms with E-state index in [0.29, 0.717) is 5.92 Å². The Kier molecular flexibility index (Phi) is 4.42. The van der Waals surface area contributed by atoms with E-state index in [-0.39, 0.29) is 18.8 Å². The largest absolute Gasteiger partial charge is 0.408 e. The zero-order valence-corrected chi connectivity index (χ0v) is 10.9. The number of rotatable bonds is 4. The molecule has 1 N–H and O–H groups in total. The Labute approximate surface area is 107 Å². The van der Waals surface area contributed by atoms with Crippen LogP contribution in [0.25, 0.3) is 0 Å². The first kappa shape index (κ1) is 13.1. The lowest BCUT2D eigenvalue weighted by Gasteiger charge is -2.25. The average molecular weight is 251 g/mol. The number of hydrogen-bond donors (Lipinski definition) is 1. The van der Waals surface area contributed by atoms with Crippen molar-refractivity contribution in [1.29, 1.82) is 0 Å². The fourth-order valence-corrected chi connectivity index (χ4v) is 2.67. The number of aliphatic hydroxyl groups is 1. The van der Waals surface area contributed by atoms with E-state index >= 15 is 0 Å². The van der Waals surface area contributed by atoms with Crippen molar-refractivity contribution in [3.8, 4) is 0 Å². The molecule has 0 saturated heterocycles. The van der Waals surface area contributed by atoms with Gasteiger partial charge in [0.05, 0.1) is 12.3 Å². The summed E-state index contributed by atoms with van der Waals surface area (Å²) in [5.41, 5.74) is 1.81. The summed E-state index contributed by atoms with van der Waals surface area (Å²) >= 11 is 0. The van der Waals surface area contributed by atoms with Crippen LogP contribution < -0.4 is 10.4 Å². The minimum Gasteiger partial charge on any atom is -0.408 e. The monoisotopic (exact) mass is 251 g/mol. The van der Waals surface area contributed by atoms with Crippen LogP contribution in [-0.4, -0.2) is 23.1 Å². The highest BCUT2D eigenvalue weighted by Gasteiger charge is 2.20. The first-order chi connectivity index (χ1) is 8.72. The molecule has 0 aromatic carbocycles. The van der Waals surface area contributed by atoms with Gasteiger partial charge in [-0.1, -0.05) is 19.3 Å². The summed E-state index contributed by atoms with van der Waals surface area (Å²) in [6, 6.07) is 3.61. The van der Waals surface area contributed by atoms with Crippen molar-refractivity contribution in [2.45, 2.75) is 44.9 Å². The maximum Gasteiger partial charge on any atom is 0.283 e. The van der Waals surface area contributed by atoms with Crippen LogP contribution in [0.2, 0.25) is 0 Å². The standard InChI is InChI=1S/C14H21NO3/c1-11-9-13(12-5-3-2-4-6-12)15(14(17)10-11)18-8-7-16/h9-10,12,16H,2-8H2,1H3. The van der Waals surface area contributed by atoms with Gasteiger partial charge in [-0.3, -0.25) is 4.79 Å². The van der Waals surface area contributed by atoms with Gasteiger partial charge in [0, 0.05) is 12.0 Å². The van der Waals surface area contributed by atoms with E-state index in [1.807, 2.05) is 13.0 Å². The van der Waals surface area contributed by atoms with Gasteiger partial charge in [0.2, 0.25) is 0 Å². The minimum atomic E-state index is -0.135. The number of nitrogens with zero attached hydrogens (tertiary/aromatic N) is 1. The molecule has 0 radical (unpaired) electrons. The van der Waals surface area contributed by atoms with Gasteiger partial charge < -0.3 is 9.94 Å². The second-order valence-corrected chi connectivity index (χ2v) is 4.98. The van der Waals surface area contributed by atoms with Crippen molar-refractivity contribution in [1.82, 2.24) is 4.73 Å². The summed E-state index contributed by atoms with van der Waals surface area (Å²) in [6.45, 7) is 2.01. The number of aliphatic hydroxyl groups excluding tert-OH is 1. The van der Waals surface area contributed by atoms with E-state index in [1.54, 1.807) is 6.07 Å². The molecule has 0 atom stereocenters. The molecular formula is C14H21NO3. The average Bonchev–Trinajstić information content (AvgIpc) is 2.38. The lowest BCUT2D eigenvalue weighted by Crippen LogP contribution is -2.32. The Morgan fingerprint density at radius 2 is 2.06 bits per heavy atom. The molecule has 1 aromatic heterocycles. The fourth-order valence-electron chi connectivity index (χ4n) is 2.67. The summed E-state index contributed by atoms with van der Waals surface area (Å²) in [6.07, 6.45) is 5.94. The van der Waals surface area contributed by atoms with Gasteiger partial charge >= 0.3 is 0 Å². The lowest BCUT2D eigenvalue weighted by atomic mass is 9.86. The van der Waals surface area contributed by atoms with Gasteiger partial charge in [0.15, 0.2) is 0 Å². The molecule has 18 heavy (non-hydrogen) atoms. The molecule has 0 spiro atoms. The quantitative estimate of drug-likeness (QED) is 0.884. The lowest BCUT2D eigenvalue weighted by molar-refractivity contribution is 0.0608. The zero-order valence-electron chi connectivity index (χ0n) is 10.9. The molecule has 1 aromatic rings. The number of hydrogen-bond acceptors (Lipinski definition) is 3. The predicted octanol–water partition coefficient (Wildman–Crippen LogP) is 1.63. The Morgan fingerprint density at radius 1 is 1.33 bits per heavy atom. The van der Waals surface area contributed by atoms with E-state index in [1.165, 1.54) is 24.0 Å². The summed E-state index contributed by atoms with van der Waals surface area (Å²) in [7, 11) is 0. The predicted molar refractivity (Wildman–Crippen MR) is 69.8 cm³/mol. The van der Waals surface area contributed by atoms with Crippen molar-refractivity contribution in [3.63, 3.8) is 0 Å². The minimum absolute atomic E-state index is 0.0789. The molecule has 1 aliphatic rings. The van der Waals surface area contributed by atoms with Crippen LogP contribution in [0.3, 0.4) is 0 Å². The molecule has 4 nitrogen and oxygen atoms in total. The van der Waals surface area contributed by atoms with Crippen LogP contribution in [-0.2, 0) is 0 Å². The molecule has 1 heterocycles. The van der Waals surface area contributed by atoms with Crippen LogP contribution in [0.1, 0.15) is 49.3 Å². The van der Waals surface area contributed by atoms with E-state index < -0.39 is 0 Å². The summed E-state index contributed by atoms with van der Waals surface area (Å²) < 4.78 is 1.37. The number of pyridine rings is 1. The van der Waals surface area contributed by atoms with Gasteiger partial charge in [-0.05, 0) is 31.4 Å². The third-order valence-electron chi connectivity index (χ3n) is 3.50. The summed E-state index contributed by atoms with van der Waals surface area (Å²) in [5, 5.41) is 8.83. The summed E-state index contributed by atoms with van der Waals surface area (Å²) in [4.78, 5) is 17.3. The molecule has 0 aliphatic heterocycles. The highest BCUT2D eigenvalue weighted by Crippen LogP contribution is 2.32. The van der Waals surface area contributed by atoms with Crippen LogP contribution in [0.4, 0.5) is 0 Å². The van der Waals surface area contributed by atoms with Crippen LogP contribution >= 0.6 is 0 Å². The number of aromatic nitrogens is 1. The molecule has 100 valence electrons. The van der Waals surface area contributed by atoms with Crippen molar-refractivity contribution in [2.75, 3.05) is 13.2 Å². The zero-order chi connectivity index (χ0) is 13.0. The molecule has 1 fully saturated rings. The highest BCUT2D eigenvalue weighted by molar-refractivity contribution is 5.19. The van der Waals surface area contributed by atoms with Crippen molar-refractivity contribution in [2.24, 2.45) is 0 Å². The smallest absolute Gasteiger partial charge is 0.283 e. The van der Waals surface area contributed by atoms with Gasteiger partial charge in [-0.25, -0.2) is 0 Å². The molecule has 0 bridgehead atoms. The second kappa shape index (κ2) is 6.05. The Hall–Kier alpha value is -1.29. The van der Waals surface area contributed by atoms with Crippen LogP contribution in [0.15, 0.2) is 16.9 Å². The molecule has 0 amide bonds. The topological polar surface area (TPSA) is 51.5 Å². The van der Waals surface area contributed by atoms with E-state index in [0.717, 1.165) is 24.1 Å². The van der Waals surface area contributed by atoms with Gasteiger partial charge in [0.25, 0.3) is 5.56 Å². The van der Waals surface area contributed by atoms with Crippen molar-refractivity contribution >= 4 is 0 Å². The maximum absolute atomic E-state index is 12.0. The number of aryl methyl sites for hydroxylation is 1. The van der Waals surface area contributed by atoms with E-state index in [4.69, 9.17) is 9.94 Å². The highest BCUT2D eigenvalue weighted by atomic mass is 16.7. The second-order valence-electron chi connectivity index (χ2n) is 4.98. The molecule has 2 rings (SSSR count). The molecule has 0 unspecified atom stereocenters. The Bertz CT molecular complexity index is 447. The third kappa shape index (κ3) is 2.93. The van der Waals surface area contributed by atoms with Gasteiger partial charge in [0.1, 0.15) is 6.61 Å². The van der Waals surface area contributed by atoms with Crippen LogP contribution in [0, 0.1) is 6.92 Å². The Morgan fingerprint density at radius 3 is 2.72 bits per heavy atom. The summed E-state index contributed by atoms with van der Waals surface area (Å²) in [5.74, 6) is 0.407. The Balaban J connectivity index is 2.32. The normalized spacial score (nSPS) is 16.8. The van der Waals surface area contributed by atoms with Crippen molar-refractivity contribution in [3.05, 3.63) is 33.7 Å². The van der Waals surface area contributed by atoms with E-state index in [2.05, 4.69) is 0 Å². The van der Waals surface area contributed by atoms with Crippen molar-refractivity contribution < 1.29 is 9.94 Å². The maximum atomic E-state index is 12.0. The fraction of sp³-hybridized carbons (Fsp3) is 0.643. The molecular weight excluding hydrogens is 230 g/mol. The SMILES string of the molecule is Cc1cc(C2CCCCC2)n(OCCO)c(=O)c1. The van der Waals surface area contributed by atoms with Gasteiger partial charge in [-0.15, -0.1) is 4.73 Å². The van der Waals surface area contributed by atoms with E-state index in [9.17, 15) is 4.79 Å². The third-order valence-corrected chi connectivity index (χ3v) is 3.50. The molecule has 1 aliphatic carbocycles. The molecule has 1 saturated carbocycles.